The monoisotopic (exact) mass is 360 g/mol. The zero-order valence-electron chi connectivity index (χ0n) is 13.4. The average Bonchev–Trinajstić information content (AvgIpc) is 3.11. The van der Waals surface area contributed by atoms with E-state index in [1.807, 2.05) is 4.90 Å². The predicted molar refractivity (Wildman–Crippen MR) is 93.1 cm³/mol. The smallest absolute Gasteiger partial charge is 0.310 e. The van der Waals surface area contributed by atoms with Gasteiger partial charge in [0, 0.05) is 12.3 Å². The minimum Gasteiger partial charge on any atom is -0.623 e. The molecule has 1 saturated heterocycles. The molecule has 0 spiro atoms. The van der Waals surface area contributed by atoms with E-state index >= 15 is 0 Å². The highest BCUT2D eigenvalue weighted by molar-refractivity contribution is 7.87. The molecule has 0 amide bonds. The van der Waals surface area contributed by atoms with E-state index in [4.69, 9.17) is 0 Å². The maximum Gasteiger partial charge on any atom is 0.310 e. The molecule has 1 aliphatic rings. The van der Waals surface area contributed by atoms with Gasteiger partial charge in [0.15, 0.2) is 0 Å². The summed E-state index contributed by atoms with van der Waals surface area (Å²) in [4.78, 5) is 1.81. The summed E-state index contributed by atoms with van der Waals surface area (Å²) in [6, 6.07) is 0. The summed E-state index contributed by atoms with van der Waals surface area (Å²) in [5.74, 6) is 0.540. The molecule has 0 aromatic carbocycles. The van der Waals surface area contributed by atoms with Crippen molar-refractivity contribution >= 4 is 27.3 Å². The average molecular weight is 361 g/mol. The SMILES string of the molecule is C=CCN1CC(O)[N+]([O-])(c2nnc(S(=O)CCCCCC)s2)C1. The Hall–Kier alpha value is -0.710. The summed E-state index contributed by atoms with van der Waals surface area (Å²) in [5.41, 5.74) is 0. The van der Waals surface area contributed by atoms with Gasteiger partial charge in [0.05, 0.1) is 17.3 Å². The highest BCUT2D eigenvalue weighted by Crippen LogP contribution is 2.33. The van der Waals surface area contributed by atoms with Crippen molar-refractivity contribution in [1.82, 2.24) is 19.7 Å². The van der Waals surface area contributed by atoms with Crippen molar-refractivity contribution < 1.29 is 9.32 Å². The van der Waals surface area contributed by atoms with Crippen molar-refractivity contribution in [3.05, 3.63) is 17.9 Å². The van der Waals surface area contributed by atoms with Gasteiger partial charge in [0.25, 0.3) is 0 Å². The normalized spacial score (nSPS) is 26.5. The Balaban J connectivity index is 2.00. The number of aliphatic hydroxyl groups excluding tert-OH is 1. The zero-order valence-corrected chi connectivity index (χ0v) is 15.0. The Bertz CT molecular complexity index is 554. The van der Waals surface area contributed by atoms with Gasteiger partial charge in [0.1, 0.15) is 6.67 Å². The van der Waals surface area contributed by atoms with Gasteiger partial charge < -0.3 is 10.3 Å². The molecule has 1 N–H and O–H groups in total. The summed E-state index contributed by atoms with van der Waals surface area (Å²) < 4.78 is 11.6. The van der Waals surface area contributed by atoms with Crippen molar-refractivity contribution in [2.24, 2.45) is 0 Å². The molecule has 0 bridgehead atoms. The van der Waals surface area contributed by atoms with Crippen LogP contribution in [0.15, 0.2) is 17.0 Å². The van der Waals surface area contributed by atoms with Crippen molar-refractivity contribution in [2.75, 3.05) is 25.5 Å². The van der Waals surface area contributed by atoms with Crippen LogP contribution in [0.25, 0.3) is 0 Å². The highest BCUT2D eigenvalue weighted by Gasteiger charge is 2.42. The van der Waals surface area contributed by atoms with Gasteiger partial charge >= 0.3 is 5.13 Å². The number of nitrogens with zero attached hydrogens (tertiary/aromatic N) is 4. The molecule has 9 heteroatoms. The first-order valence-corrected chi connectivity index (χ1v) is 9.97. The summed E-state index contributed by atoms with van der Waals surface area (Å²) in [5, 5.41) is 31.0. The minimum absolute atomic E-state index is 0.102. The molecule has 0 aliphatic carbocycles. The molecule has 0 saturated carbocycles. The predicted octanol–water partition coefficient (Wildman–Crippen LogP) is 1.81. The fourth-order valence-electron chi connectivity index (χ4n) is 2.51. The second-order valence-corrected chi connectivity index (χ2v) is 8.40. The van der Waals surface area contributed by atoms with Crippen LogP contribution in [0.4, 0.5) is 5.13 Å². The molecule has 1 aromatic heterocycles. The fraction of sp³-hybridized carbons (Fsp3) is 0.714. The zero-order chi connectivity index (χ0) is 16.9. The number of β-amino-alcohol motifs (C(OH)–C–C–N with tert-alkyl or cyclic N) is 1. The van der Waals surface area contributed by atoms with Crippen LogP contribution in [0.5, 0.6) is 0 Å². The maximum atomic E-state index is 12.9. The van der Waals surface area contributed by atoms with E-state index in [9.17, 15) is 14.5 Å². The van der Waals surface area contributed by atoms with Crippen LogP contribution in [0, 0.1) is 5.21 Å². The Morgan fingerprint density at radius 3 is 3.00 bits per heavy atom. The molecule has 3 unspecified atom stereocenters. The van der Waals surface area contributed by atoms with Crippen LogP contribution in [-0.2, 0) is 10.8 Å². The van der Waals surface area contributed by atoms with Crippen molar-refractivity contribution in [1.29, 1.82) is 0 Å². The lowest BCUT2D eigenvalue weighted by molar-refractivity contribution is 0.0844. The van der Waals surface area contributed by atoms with E-state index in [1.165, 1.54) is 0 Å². The van der Waals surface area contributed by atoms with Crippen molar-refractivity contribution in [3.8, 4) is 0 Å². The molecule has 2 heterocycles. The van der Waals surface area contributed by atoms with Crippen LogP contribution < -0.4 is 4.65 Å². The van der Waals surface area contributed by atoms with E-state index in [1.54, 1.807) is 6.08 Å². The number of hydrogen-bond acceptors (Lipinski definition) is 7. The van der Waals surface area contributed by atoms with Gasteiger partial charge in [0.2, 0.25) is 10.6 Å². The van der Waals surface area contributed by atoms with Gasteiger partial charge in [-0.1, -0.05) is 37.4 Å². The summed E-state index contributed by atoms with van der Waals surface area (Å²) >= 11 is 1.05. The molecule has 1 fully saturated rings. The topological polar surface area (TPSA) is 89.4 Å². The van der Waals surface area contributed by atoms with E-state index in [0.29, 0.717) is 16.6 Å². The lowest BCUT2D eigenvalue weighted by Crippen LogP contribution is -2.48. The first-order valence-electron chi connectivity index (χ1n) is 7.83. The molecule has 7 nitrogen and oxygen atoms in total. The Kier molecular flexibility index (Phi) is 6.81. The van der Waals surface area contributed by atoms with E-state index in [-0.39, 0.29) is 18.3 Å². The third-order valence-electron chi connectivity index (χ3n) is 3.80. The molecular weight excluding hydrogens is 336 g/mol. The van der Waals surface area contributed by atoms with E-state index in [2.05, 4.69) is 23.7 Å². The molecule has 130 valence electrons. The molecule has 3 atom stereocenters. The molecule has 2 rings (SSSR count). The lowest BCUT2D eigenvalue weighted by atomic mass is 10.2. The number of hydroxylamine groups is 2. The van der Waals surface area contributed by atoms with Gasteiger partial charge in [-0.05, 0) is 17.8 Å². The molecule has 1 aromatic rings. The largest absolute Gasteiger partial charge is 0.623 e. The van der Waals surface area contributed by atoms with Crippen molar-refractivity contribution in [2.45, 2.75) is 43.2 Å². The first-order chi connectivity index (χ1) is 11.0. The lowest BCUT2D eigenvalue weighted by Gasteiger charge is -2.36. The van der Waals surface area contributed by atoms with Crippen LogP contribution >= 0.6 is 11.3 Å². The van der Waals surface area contributed by atoms with Crippen molar-refractivity contribution in [3.63, 3.8) is 0 Å². The standard InChI is InChI=1S/C14H24N4O3S2/c1-3-5-6-7-9-23(21)14-16-15-13(22-14)18(20)11-17(8-4-2)10-12(18)19/h4,12,19H,2-3,5-11H2,1H3. The molecule has 23 heavy (non-hydrogen) atoms. The number of hydrogen-bond donors (Lipinski definition) is 1. The summed E-state index contributed by atoms with van der Waals surface area (Å²) in [6.07, 6.45) is 4.77. The van der Waals surface area contributed by atoms with Gasteiger partial charge in [-0.2, -0.15) is 0 Å². The molecule has 1 aliphatic heterocycles. The Labute approximate surface area is 143 Å². The highest BCUT2D eigenvalue weighted by atomic mass is 32.2. The van der Waals surface area contributed by atoms with Gasteiger partial charge in [-0.25, -0.2) is 4.90 Å². The molecule has 0 radical (unpaired) electrons. The minimum atomic E-state index is -1.22. The van der Waals surface area contributed by atoms with Crippen LogP contribution in [0.3, 0.4) is 0 Å². The first kappa shape index (κ1) is 18.6. The van der Waals surface area contributed by atoms with E-state index in [0.717, 1.165) is 37.0 Å². The van der Waals surface area contributed by atoms with Crippen LogP contribution in [-0.4, -0.2) is 56.2 Å². The summed E-state index contributed by atoms with van der Waals surface area (Å²) in [6.45, 7) is 6.67. The van der Waals surface area contributed by atoms with Gasteiger partial charge in [-0.15, -0.1) is 11.7 Å². The van der Waals surface area contributed by atoms with Crippen LogP contribution in [0.1, 0.15) is 32.6 Å². The second-order valence-electron chi connectivity index (χ2n) is 5.70. The molecular formula is C14H24N4O3S2. The quantitative estimate of drug-likeness (QED) is 0.313. The number of unbranched alkanes of at least 4 members (excludes halogenated alkanes) is 3. The maximum absolute atomic E-state index is 12.9. The van der Waals surface area contributed by atoms with Crippen LogP contribution in [0.2, 0.25) is 0 Å². The third kappa shape index (κ3) is 4.43. The Morgan fingerprint density at radius 2 is 2.30 bits per heavy atom. The third-order valence-corrected chi connectivity index (χ3v) is 6.57. The van der Waals surface area contributed by atoms with E-state index < -0.39 is 21.7 Å². The second kappa shape index (κ2) is 8.41. The summed E-state index contributed by atoms with van der Waals surface area (Å²) in [7, 11) is -1.22. The number of rotatable bonds is 9. The number of aromatic nitrogens is 2. The number of quaternary nitrogens is 1. The fourth-order valence-corrected chi connectivity index (χ4v) is 4.78. The number of aliphatic hydroxyl groups is 1. The van der Waals surface area contributed by atoms with Gasteiger partial charge in [-0.3, -0.25) is 8.86 Å². The Morgan fingerprint density at radius 1 is 1.52 bits per heavy atom.